The van der Waals surface area contributed by atoms with Gasteiger partial charge in [-0.05, 0) is 54.8 Å². The van der Waals surface area contributed by atoms with E-state index >= 15 is 0 Å². The molecule has 0 spiro atoms. The molecule has 186 valence electrons. The first kappa shape index (κ1) is 27.7. The molecule has 0 heterocycles. The zero-order valence-corrected chi connectivity index (χ0v) is 22.4. The average molecular weight is 555 g/mol. The van der Waals surface area contributed by atoms with E-state index in [1.165, 1.54) is 4.90 Å². The predicted octanol–water partition coefficient (Wildman–Crippen LogP) is 3.56. The molecular formula is C24H32BrN3O5S. The molecule has 0 aliphatic carbocycles. The van der Waals surface area contributed by atoms with Crippen LogP contribution in [0.25, 0.3) is 0 Å². The maximum atomic E-state index is 13.6. The minimum Gasteiger partial charge on any atom is -0.497 e. The number of hydrogen-bond acceptors (Lipinski definition) is 5. The van der Waals surface area contributed by atoms with Crippen molar-refractivity contribution in [2.75, 3.05) is 30.8 Å². The van der Waals surface area contributed by atoms with Crippen LogP contribution in [0.2, 0.25) is 0 Å². The summed E-state index contributed by atoms with van der Waals surface area (Å²) in [5, 5.41) is 2.85. The number of benzene rings is 2. The molecule has 0 radical (unpaired) electrons. The van der Waals surface area contributed by atoms with Gasteiger partial charge in [0.05, 0.1) is 19.1 Å². The van der Waals surface area contributed by atoms with Crippen LogP contribution in [-0.4, -0.2) is 57.6 Å². The average Bonchev–Trinajstić information content (AvgIpc) is 2.81. The Hall–Kier alpha value is -2.59. The molecule has 0 aliphatic rings. The third-order valence-corrected chi connectivity index (χ3v) is 6.91. The van der Waals surface area contributed by atoms with Gasteiger partial charge in [-0.15, -0.1) is 0 Å². The van der Waals surface area contributed by atoms with Crippen LogP contribution >= 0.6 is 15.9 Å². The SMILES string of the molecule is CCCNC(=O)[C@@H](CC)N(Cc1ccc(OC)cc1)C(=O)CN(c1ccc(Br)cc1)S(C)(=O)=O. The molecule has 1 atom stereocenters. The number of anilines is 1. The second-order valence-electron chi connectivity index (χ2n) is 7.83. The van der Waals surface area contributed by atoms with Gasteiger partial charge in [-0.3, -0.25) is 13.9 Å². The van der Waals surface area contributed by atoms with Gasteiger partial charge in [0.15, 0.2) is 0 Å². The standard InChI is InChI=1S/C24H32BrN3O5S/c1-5-15-26-24(30)22(6-2)27(16-18-7-13-21(33-3)14-8-18)23(29)17-28(34(4,31)32)20-11-9-19(25)10-12-20/h7-14,22H,5-6,15-17H2,1-4H3,(H,26,30)/t22-/m1/s1. The van der Waals surface area contributed by atoms with E-state index in [0.717, 1.165) is 27.0 Å². The van der Waals surface area contributed by atoms with Crippen LogP contribution in [0.4, 0.5) is 5.69 Å². The smallest absolute Gasteiger partial charge is 0.244 e. The fraction of sp³-hybridized carbons (Fsp3) is 0.417. The summed E-state index contributed by atoms with van der Waals surface area (Å²) in [6.45, 7) is 4.00. The Morgan fingerprint density at radius 2 is 1.68 bits per heavy atom. The normalized spacial score (nSPS) is 12.0. The number of hydrogen-bond donors (Lipinski definition) is 1. The van der Waals surface area contributed by atoms with Crippen molar-refractivity contribution in [1.82, 2.24) is 10.2 Å². The highest BCUT2D eigenvalue weighted by Gasteiger charge is 2.31. The van der Waals surface area contributed by atoms with Gasteiger partial charge < -0.3 is 15.0 Å². The van der Waals surface area contributed by atoms with Crippen LogP contribution in [0.3, 0.4) is 0 Å². The van der Waals surface area contributed by atoms with Gasteiger partial charge in [-0.1, -0.05) is 41.9 Å². The van der Waals surface area contributed by atoms with Crippen molar-refractivity contribution < 1.29 is 22.7 Å². The van der Waals surface area contributed by atoms with Crippen LogP contribution in [0, 0.1) is 0 Å². The topological polar surface area (TPSA) is 96.0 Å². The molecule has 2 aromatic carbocycles. The first-order valence-corrected chi connectivity index (χ1v) is 13.7. The largest absolute Gasteiger partial charge is 0.497 e. The van der Waals surface area contributed by atoms with Gasteiger partial charge in [0.2, 0.25) is 21.8 Å². The van der Waals surface area contributed by atoms with Crippen molar-refractivity contribution >= 4 is 43.5 Å². The first-order chi connectivity index (χ1) is 16.1. The van der Waals surface area contributed by atoms with Crippen molar-refractivity contribution in [2.45, 2.75) is 39.3 Å². The number of methoxy groups -OCH3 is 1. The monoisotopic (exact) mass is 553 g/mol. The summed E-state index contributed by atoms with van der Waals surface area (Å²) in [5.41, 5.74) is 1.16. The van der Waals surface area contributed by atoms with Crippen LogP contribution in [0.1, 0.15) is 32.3 Å². The molecule has 0 fully saturated rings. The predicted molar refractivity (Wildman–Crippen MR) is 137 cm³/mol. The molecule has 0 unspecified atom stereocenters. The summed E-state index contributed by atoms with van der Waals surface area (Å²) in [4.78, 5) is 27.9. The van der Waals surface area contributed by atoms with Crippen LogP contribution in [-0.2, 0) is 26.2 Å². The molecule has 34 heavy (non-hydrogen) atoms. The molecule has 2 amide bonds. The number of halogens is 1. The molecule has 2 rings (SSSR count). The first-order valence-electron chi connectivity index (χ1n) is 11.0. The lowest BCUT2D eigenvalue weighted by Crippen LogP contribution is -2.52. The summed E-state index contributed by atoms with van der Waals surface area (Å²) < 4.78 is 32.2. The highest BCUT2D eigenvalue weighted by molar-refractivity contribution is 9.10. The van der Waals surface area contributed by atoms with Crippen molar-refractivity contribution in [2.24, 2.45) is 0 Å². The fourth-order valence-corrected chi connectivity index (χ4v) is 4.55. The quantitative estimate of drug-likeness (QED) is 0.433. The Balaban J connectivity index is 2.40. The van der Waals surface area contributed by atoms with Crippen LogP contribution in [0.5, 0.6) is 5.75 Å². The number of carbonyl (C=O) groups is 2. The Labute approximate surface area is 210 Å². The molecule has 1 N–H and O–H groups in total. The van der Waals surface area contributed by atoms with E-state index in [9.17, 15) is 18.0 Å². The Morgan fingerprint density at radius 3 is 2.18 bits per heavy atom. The minimum atomic E-state index is -3.75. The molecule has 2 aromatic rings. The highest BCUT2D eigenvalue weighted by Crippen LogP contribution is 2.22. The van der Waals surface area contributed by atoms with E-state index in [4.69, 9.17) is 4.74 Å². The van der Waals surface area contributed by atoms with Crippen molar-refractivity contribution in [3.8, 4) is 5.75 Å². The fourth-order valence-electron chi connectivity index (χ4n) is 3.43. The zero-order valence-electron chi connectivity index (χ0n) is 20.0. The summed E-state index contributed by atoms with van der Waals surface area (Å²) >= 11 is 3.33. The Bertz CT molecular complexity index is 1060. The van der Waals surface area contributed by atoms with E-state index in [0.29, 0.717) is 24.4 Å². The maximum Gasteiger partial charge on any atom is 0.244 e. The highest BCUT2D eigenvalue weighted by atomic mass is 79.9. The number of ether oxygens (including phenoxy) is 1. The second-order valence-corrected chi connectivity index (χ2v) is 10.7. The molecular weight excluding hydrogens is 522 g/mol. The molecule has 0 aromatic heterocycles. The van der Waals surface area contributed by atoms with Gasteiger partial charge in [-0.2, -0.15) is 0 Å². The molecule has 0 aliphatic heterocycles. The van der Waals surface area contributed by atoms with E-state index in [2.05, 4.69) is 21.2 Å². The maximum absolute atomic E-state index is 13.6. The Morgan fingerprint density at radius 1 is 1.06 bits per heavy atom. The number of sulfonamides is 1. The van der Waals surface area contributed by atoms with Crippen LogP contribution < -0.4 is 14.4 Å². The molecule has 0 saturated carbocycles. The number of carbonyl (C=O) groups excluding carboxylic acids is 2. The van der Waals surface area contributed by atoms with Gasteiger partial charge in [0, 0.05) is 17.6 Å². The van der Waals surface area contributed by atoms with Gasteiger partial charge in [0.25, 0.3) is 0 Å². The number of amides is 2. The van der Waals surface area contributed by atoms with Crippen LogP contribution in [0.15, 0.2) is 53.0 Å². The van der Waals surface area contributed by atoms with E-state index in [-0.39, 0.29) is 12.5 Å². The lowest BCUT2D eigenvalue weighted by molar-refractivity contribution is -0.140. The van der Waals surface area contributed by atoms with Gasteiger partial charge in [-0.25, -0.2) is 8.42 Å². The minimum absolute atomic E-state index is 0.152. The third-order valence-electron chi connectivity index (χ3n) is 5.24. The van der Waals surface area contributed by atoms with E-state index in [1.54, 1.807) is 43.5 Å². The molecule has 8 nitrogen and oxygen atoms in total. The van der Waals surface area contributed by atoms with Crippen molar-refractivity contribution in [1.29, 1.82) is 0 Å². The number of nitrogens with zero attached hydrogens (tertiary/aromatic N) is 2. The summed E-state index contributed by atoms with van der Waals surface area (Å²) in [6.07, 6.45) is 2.20. The summed E-state index contributed by atoms with van der Waals surface area (Å²) in [6, 6.07) is 13.1. The third kappa shape index (κ3) is 7.73. The van der Waals surface area contributed by atoms with Crippen molar-refractivity contribution in [3.05, 3.63) is 58.6 Å². The summed E-state index contributed by atoms with van der Waals surface area (Å²) in [5.74, 6) is -0.0590. The van der Waals surface area contributed by atoms with Crippen molar-refractivity contribution in [3.63, 3.8) is 0 Å². The number of nitrogens with one attached hydrogen (secondary N) is 1. The lowest BCUT2D eigenvalue weighted by Gasteiger charge is -2.33. The Kier molecular flexibility index (Phi) is 10.4. The van der Waals surface area contributed by atoms with Gasteiger partial charge in [0.1, 0.15) is 18.3 Å². The van der Waals surface area contributed by atoms with E-state index in [1.807, 2.05) is 26.0 Å². The lowest BCUT2D eigenvalue weighted by atomic mass is 10.1. The molecule has 0 bridgehead atoms. The molecule has 0 saturated heterocycles. The molecule has 10 heteroatoms. The second kappa shape index (κ2) is 12.8. The summed E-state index contributed by atoms with van der Waals surface area (Å²) in [7, 11) is -2.19. The number of rotatable bonds is 12. The van der Waals surface area contributed by atoms with E-state index < -0.39 is 28.5 Å². The van der Waals surface area contributed by atoms with Gasteiger partial charge >= 0.3 is 0 Å². The zero-order chi connectivity index (χ0) is 25.3.